The predicted octanol–water partition coefficient (Wildman–Crippen LogP) is 1.79. The van der Waals surface area contributed by atoms with Crippen molar-refractivity contribution in [1.82, 2.24) is 0 Å². The Kier molecular flexibility index (Phi) is 5.34. The first kappa shape index (κ1) is 17.4. The van der Waals surface area contributed by atoms with Crippen molar-refractivity contribution in [3.8, 4) is 0 Å². The molecule has 0 radical (unpaired) electrons. The van der Waals surface area contributed by atoms with E-state index in [4.69, 9.17) is 0 Å². The van der Waals surface area contributed by atoms with E-state index in [2.05, 4.69) is 17.1 Å². The smallest absolute Gasteiger partial charge is 0.279 e. The van der Waals surface area contributed by atoms with Crippen molar-refractivity contribution in [3.63, 3.8) is 0 Å². The second kappa shape index (κ2) is 7.66. The van der Waals surface area contributed by atoms with Crippen LogP contribution in [0.2, 0.25) is 0 Å². The van der Waals surface area contributed by atoms with Crippen molar-refractivity contribution in [1.29, 1.82) is 0 Å². The summed E-state index contributed by atoms with van der Waals surface area (Å²) in [6, 6.07) is 12.8. The van der Waals surface area contributed by atoms with E-state index < -0.39 is 0 Å². The molecule has 0 atom stereocenters. The van der Waals surface area contributed by atoms with Gasteiger partial charge in [-0.2, -0.15) is 0 Å². The molecule has 0 aromatic heterocycles. The number of quaternary nitrogens is 1. The molecule has 0 spiro atoms. The highest BCUT2D eigenvalue weighted by Crippen LogP contribution is 2.18. The van der Waals surface area contributed by atoms with Gasteiger partial charge in [-0.15, -0.1) is 0 Å². The van der Waals surface area contributed by atoms with Gasteiger partial charge in [-0.25, -0.2) is 4.39 Å². The van der Waals surface area contributed by atoms with Crippen LogP contribution in [-0.4, -0.2) is 38.6 Å². The van der Waals surface area contributed by atoms with Crippen molar-refractivity contribution in [2.45, 2.75) is 13.8 Å². The number of hydrogen-bond donors (Lipinski definition) is 2. The molecule has 0 aliphatic carbocycles. The highest BCUT2D eigenvalue weighted by molar-refractivity contribution is 5.91. The van der Waals surface area contributed by atoms with Crippen LogP contribution in [0, 0.1) is 19.7 Å². The van der Waals surface area contributed by atoms with Crippen LogP contribution in [-0.2, 0) is 4.79 Å². The van der Waals surface area contributed by atoms with Crippen molar-refractivity contribution in [2.75, 3.05) is 42.9 Å². The Morgan fingerprint density at radius 3 is 2.52 bits per heavy atom. The summed E-state index contributed by atoms with van der Waals surface area (Å²) in [5, 5.41) is 2.98. The Bertz CT molecular complexity index is 754. The minimum atomic E-state index is -0.182. The van der Waals surface area contributed by atoms with Crippen LogP contribution in [0.5, 0.6) is 0 Å². The lowest BCUT2D eigenvalue weighted by atomic mass is 10.1. The summed E-state index contributed by atoms with van der Waals surface area (Å²) in [5.74, 6) is -0.156. The normalized spacial score (nSPS) is 15.2. The van der Waals surface area contributed by atoms with Gasteiger partial charge in [0, 0.05) is 5.69 Å². The molecule has 25 heavy (non-hydrogen) atoms. The maximum Gasteiger partial charge on any atom is 0.279 e. The summed E-state index contributed by atoms with van der Waals surface area (Å²) in [6.07, 6.45) is 0. The van der Waals surface area contributed by atoms with Crippen LogP contribution in [0.4, 0.5) is 15.8 Å². The number of benzene rings is 2. The van der Waals surface area contributed by atoms with E-state index in [1.54, 1.807) is 6.07 Å². The quantitative estimate of drug-likeness (QED) is 0.889. The Morgan fingerprint density at radius 2 is 1.84 bits per heavy atom. The molecule has 1 heterocycles. The van der Waals surface area contributed by atoms with E-state index in [0.717, 1.165) is 31.9 Å². The summed E-state index contributed by atoms with van der Waals surface area (Å²) in [4.78, 5) is 15.6. The van der Waals surface area contributed by atoms with Gasteiger partial charge in [0.15, 0.2) is 6.54 Å². The summed E-state index contributed by atoms with van der Waals surface area (Å²) in [5.41, 5.74) is 3.88. The first-order valence-electron chi connectivity index (χ1n) is 8.73. The molecule has 1 amide bonds. The molecule has 0 saturated carbocycles. The van der Waals surface area contributed by atoms with E-state index in [1.807, 2.05) is 37.3 Å². The van der Waals surface area contributed by atoms with Gasteiger partial charge in [0.05, 0.1) is 31.9 Å². The molecule has 0 bridgehead atoms. The number of rotatable bonds is 4. The van der Waals surface area contributed by atoms with Gasteiger partial charge in [-0.1, -0.05) is 18.2 Å². The van der Waals surface area contributed by atoms with Crippen molar-refractivity contribution in [3.05, 3.63) is 59.4 Å². The minimum Gasteiger partial charge on any atom is -0.358 e. The number of anilines is 2. The van der Waals surface area contributed by atoms with Gasteiger partial charge >= 0.3 is 0 Å². The Balaban J connectivity index is 1.51. The highest BCUT2D eigenvalue weighted by Gasteiger charge is 2.23. The maximum absolute atomic E-state index is 13.9. The second-order valence-electron chi connectivity index (χ2n) is 6.71. The standard InChI is InChI=1S/C20H24FN3O/c1-15-7-8-17(13-16(15)2)22-20(25)14-23-9-11-24(12-10-23)19-6-4-3-5-18(19)21/h3-8,13H,9-12,14H2,1-2H3,(H,22,25)/p+1. The fourth-order valence-electron chi connectivity index (χ4n) is 3.20. The monoisotopic (exact) mass is 342 g/mol. The zero-order chi connectivity index (χ0) is 17.8. The molecule has 3 rings (SSSR count). The molecule has 4 nitrogen and oxygen atoms in total. The van der Waals surface area contributed by atoms with Crippen LogP contribution >= 0.6 is 0 Å². The van der Waals surface area contributed by atoms with Gasteiger partial charge in [-0.05, 0) is 49.2 Å². The number of carbonyl (C=O) groups is 1. The Hall–Kier alpha value is -2.40. The number of hydrogen-bond acceptors (Lipinski definition) is 2. The highest BCUT2D eigenvalue weighted by atomic mass is 19.1. The average molecular weight is 342 g/mol. The molecule has 2 aromatic carbocycles. The van der Waals surface area contributed by atoms with Gasteiger partial charge in [0.1, 0.15) is 5.82 Å². The van der Waals surface area contributed by atoms with Gasteiger partial charge in [0.2, 0.25) is 0 Å². The van der Waals surface area contributed by atoms with Crippen LogP contribution in [0.3, 0.4) is 0 Å². The van der Waals surface area contributed by atoms with E-state index in [0.29, 0.717) is 12.2 Å². The molecule has 0 unspecified atom stereocenters. The molecule has 1 saturated heterocycles. The van der Waals surface area contributed by atoms with E-state index >= 15 is 0 Å². The topological polar surface area (TPSA) is 36.8 Å². The third-order valence-electron chi connectivity index (χ3n) is 4.86. The molecular weight excluding hydrogens is 317 g/mol. The number of aryl methyl sites for hydroxylation is 2. The molecule has 1 aliphatic heterocycles. The van der Waals surface area contributed by atoms with E-state index in [1.165, 1.54) is 22.1 Å². The summed E-state index contributed by atoms with van der Waals surface area (Å²) < 4.78 is 13.9. The third kappa shape index (κ3) is 4.37. The van der Waals surface area contributed by atoms with E-state index in [-0.39, 0.29) is 11.7 Å². The lowest BCUT2D eigenvalue weighted by Crippen LogP contribution is -3.15. The number of para-hydroxylation sites is 1. The minimum absolute atomic E-state index is 0.0256. The fourth-order valence-corrected chi connectivity index (χ4v) is 3.20. The lowest BCUT2D eigenvalue weighted by Gasteiger charge is -2.33. The number of nitrogens with zero attached hydrogens (tertiary/aromatic N) is 1. The maximum atomic E-state index is 13.9. The summed E-state index contributed by atoms with van der Waals surface area (Å²) in [6.45, 7) is 7.71. The molecule has 2 N–H and O–H groups in total. The Labute approximate surface area is 148 Å². The van der Waals surface area contributed by atoms with E-state index in [9.17, 15) is 9.18 Å². The zero-order valence-corrected chi connectivity index (χ0v) is 14.8. The first-order valence-corrected chi connectivity index (χ1v) is 8.73. The van der Waals surface area contributed by atoms with Gasteiger partial charge < -0.3 is 15.1 Å². The number of amides is 1. The second-order valence-corrected chi connectivity index (χ2v) is 6.71. The summed E-state index contributed by atoms with van der Waals surface area (Å²) in [7, 11) is 0. The molecule has 1 aliphatic rings. The van der Waals surface area contributed by atoms with Crippen molar-refractivity contribution >= 4 is 17.3 Å². The molecular formula is C20H25FN3O+. The third-order valence-corrected chi connectivity index (χ3v) is 4.86. The van der Waals surface area contributed by atoms with Crippen molar-refractivity contribution < 1.29 is 14.1 Å². The number of carbonyl (C=O) groups excluding carboxylic acids is 1. The molecule has 1 fully saturated rings. The largest absolute Gasteiger partial charge is 0.358 e. The van der Waals surface area contributed by atoms with Crippen molar-refractivity contribution in [2.24, 2.45) is 0 Å². The fraction of sp³-hybridized carbons (Fsp3) is 0.350. The zero-order valence-electron chi connectivity index (χ0n) is 14.8. The Morgan fingerprint density at radius 1 is 1.12 bits per heavy atom. The lowest BCUT2D eigenvalue weighted by molar-refractivity contribution is -0.892. The molecule has 2 aromatic rings. The molecule has 5 heteroatoms. The first-order chi connectivity index (χ1) is 12.0. The predicted molar refractivity (Wildman–Crippen MR) is 98.7 cm³/mol. The van der Waals surface area contributed by atoms with Gasteiger partial charge in [-0.3, -0.25) is 4.79 Å². The summed E-state index contributed by atoms with van der Waals surface area (Å²) >= 11 is 0. The number of piperazine rings is 1. The van der Waals surface area contributed by atoms with Gasteiger partial charge in [0.25, 0.3) is 5.91 Å². The molecule has 132 valence electrons. The van der Waals surface area contributed by atoms with Crippen LogP contribution in [0.15, 0.2) is 42.5 Å². The van der Waals surface area contributed by atoms with Crippen LogP contribution < -0.4 is 15.1 Å². The SMILES string of the molecule is Cc1ccc(NC(=O)C[NH+]2CCN(c3ccccc3F)CC2)cc1C. The van der Waals surface area contributed by atoms with Crippen LogP contribution in [0.25, 0.3) is 0 Å². The average Bonchev–Trinajstić information content (AvgIpc) is 2.59. The number of halogens is 1. The number of nitrogens with one attached hydrogen (secondary N) is 2. The van der Waals surface area contributed by atoms with Crippen LogP contribution in [0.1, 0.15) is 11.1 Å².